The quantitative estimate of drug-likeness (QED) is 0.706. The van der Waals surface area contributed by atoms with Crippen molar-refractivity contribution in [3.8, 4) is 0 Å². The molecule has 0 atom stereocenters. The third kappa shape index (κ3) is 3.50. The van der Waals surface area contributed by atoms with E-state index in [0.717, 1.165) is 12.0 Å². The highest BCUT2D eigenvalue weighted by atomic mass is 19.3. The second-order valence-corrected chi connectivity index (χ2v) is 2.60. The van der Waals surface area contributed by atoms with Crippen LogP contribution >= 0.6 is 0 Å². The molecule has 0 aliphatic heterocycles. The molecule has 0 N–H and O–H groups in total. The Morgan fingerprint density at radius 3 is 2.92 bits per heavy atom. The molecule has 0 amide bonds. The number of halogens is 2. The van der Waals surface area contributed by atoms with Crippen LogP contribution in [-0.4, -0.2) is 23.0 Å². The number of nitrogens with zero attached hydrogens (tertiary/aromatic N) is 2. The van der Waals surface area contributed by atoms with E-state index in [2.05, 4.69) is 9.84 Å². The van der Waals surface area contributed by atoms with E-state index < -0.39 is 6.61 Å². The molecule has 1 heterocycles. The van der Waals surface area contributed by atoms with Crippen LogP contribution in [0.25, 0.3) is 0 Å². The third-order valence-electron chi connectivity index (χ3n) is 1.66. The second-order valence-electron chi connectivity index (χ2n) is 2.60. The maximum absolute atomic E-state index is 11.6. The minimum absolute atomic E-state index is 0.0114. The predicted molar refractivity (Wildman–Crippen MR) is 43.6 cm³/mol. The maximum atomic E-state index is 11.6. The van der Waals surface area contributed by atoms with Gasteiger partial charge in [-0.3, -0.25) is 4.68 Å². The summed E-state index contributed by atoms with van der Waals surface area (Å²) in [7, 11) is 0. The SMILES string of the molecule is CCc1cnn(CCOC(F)F)c1. The molecule has 3 nitrogen and oxygen atoms in total. The molecule has 0 aromatic carbocycles. The molecule has 0 bridgehead atoms. The van der Waals surface area contributed by atoms with Crippen LogP contribution < -0.4 is 0 Å². The monoisotopic (exact) mass is 190 g/mol. The first kappa shape index (κ1) is 10.1. The maximum Gasteiger partial charge on any atom is 0.345 e. The lowest BCUT2D eigenvalue weighted by Crippen LogP contribution is -2.09. The van der Waals surface area contributed by atoms with Gasteiger partial charge in [0.15, 0.2) is 0 Å². The fourth-order valence-corrected chi connectivity index (χ4v) is 0.947. The predicted octanol–water partition coefficient (Wildman–Crippen LogP) is 1.68. The van der Waals surface area contributed by atoms with Gasteiger partial charge in [0.05, 0.1) is 19.3 Å². The molecule has 0 unspecified atom stereocenters. The van der Waals surface area contributed by atoms with Gasteiger partial charge >= 0.3 is 6.61 Å². The first-order valence-electron chi connectivity index (χ1n) is 4.13. The Hall–Kier alpha value is -0.970. The zero-order chi connectivity index (χ0) is 9.68. The minimum Gasteiger partial charge on any atom is -0.321 e. The third-order valence-corrected chi connectivity index (χ3v) is 1.66. The number of hydrogen-bond acceptors (Lipinski definition) is 2. The van der Waals surface area contributed by atoms with E-state index in [1.807, 2.05) is 13.1 Å². The van der Waals surface area contributed by atoms with Crippen molar-refractivity contribution in [3.05, 3.63) is 18.0 Å². The number of hydrogen-bond donors (Lipinski definition) is 0. The highest BCUT2D eigenvalue weighted by Gasteiger charge is 2.01. The molecule has 0 saturated carbocycles. The number of alkyl halides is 2. The van der Waals surface area contributed by atoms with Gasteiger partial charge in [0, 0.05) is 6.20 Å². The average molecular weight is 190 g/mol. The van der Waals surface area contributed by atoms with Crippen LogP contribution in [0.3, 0.4) is 0 Å². The fraction of sp³-hybridized carbons (Fsp3) is 0.625. The summed E-state index contributed by atoms with van der Waals surface area (Å²) < 4.78 is 28.8. The Labute approximate surface area is 75.3 Å². The summed E-state index contributed by atoms with van der Waals surface area (Å²) in [6.45, 7) is -0.328. The molecule has 74 valence electrons. The topological polar surface area (TPSA) is 27.1 Å². The van der Waals surface area contributed by atoms with Crippen molar-refractivity contribution in [2.75, 3.05) is 6.61 Å². The molecule has 1 rings (SSSR count). The van der Waals surface area contributed by atoms with Gasteiger partial charge in [-0.15, -0.1) is 0 Å². The van der Waals surface area contributed by atoms with E-state index >= 15 is 0 Å². The highest BCUT2D eigenvalue weighted by Crippen LogP contribution is 1.99. The summed E-state index contributed by atoms with van der Waals surface area (Å²) >= 11 is 0. The Balaban J connectivity index is 2.28. The Morgan fingerprint density at radius 1 is 1.62 bits per heavy atom. The number of aryl methyl sites for hydroxylation is 1. The van der Waals surface area contributed by atoms with Gasteiger partial charge in [0.2, 0.25) is 0 Å². The van der Waals surface area contributed by atoms with Crippen LogP contribution in [0.5, 0.6) is 0 Å². The van der Waals surface area contributed by atoms with Crippen LogP contribution in [0.1, 0.15) is 12.5 Å². The van der Waals surface area contributed by atoms with E-state index in [9.17, 15) is 8.78 Å². The van der Waals surface area contributed by atoms with Crippen LogP contribution in [0.2, 0.25) is 0 Å². The molecule has 0 saturated heterocycles. The molecule has 1 aromatic heterocycles. The molecule has 0 radical (unpaired) electrons. The molecule has 0 aliphatic rings. The van der Waals surface area contributed by atoms with Gasteiger partial charge < -0.3 is 4.74 Å². The van der Waals surface area contributed by atoms with Gasteiger partial charge in [-0.05, 0) is 12.0 Å². The average Bonchev–Trinajstić information content (AvgIpc) is 2.52. The summed E-state index contributed by atoms with van der Waals surface area (Å²) in [5.41, 5.74) is 1.09. The van der Waals surface area contributed by atoms with Crippen molar-refractivity contribution in [2.24, 2.45) is 0 Å². The zero-order valence-corrected chi connectivity index (χ0v) is 7.41. The zero-order valence-electron chi connectivity index (χ0n) is 7.41. The summed E-state index contributed by atoms with van der Waals surface area (Å²) in [6, 6.07) is 0. The lowest BCUT2D eigenvalue weighted by Gasteiger charge is -2.01. The highest BCUT2D eigenvalue weighted by molar-refractivity contribution is 5.02. The van der Waals surface area contributed by atoms with Crippen molar-refractivity contribution in [1.82, 2.24) is 9.78 Å². The molecule has 0 spiro atoms. The summed E-state index contributed by atoms with van der Waals surface area (Å²) in [5.74, 6) is 0. The largest absolute Gasteiger partial charge is 0.345 e. The number of aromatic nitrogens is 2. The first-order valence-corrected chi connectivity index (χ1v) is 4.13. The van der Waals surface area contributed by atoms with Crippen molar-refractivity contribution in [3.63, 3.8) is 0 Å². The van der Waals surface area contributed by atoms with Gasteiger partial charge in [0.1, 0.15) is 0 Å². The van der Waals surface area contributed by atoms with Crippen molar-refractivity contribution in [2.45, 2.75) is 26.5 Å². The normalized spacial score (nSPS) is 11.1. The Morgan fingerprint density at radius 2 is 2.38 bits per heavy atom. The van der Waals surface area contributed by atoms with Crippen molar-refractivity contribution >= 4 is 0 Å². The molecular weight excluding hydrogens is 178 g/mol. The summed E-state index contributed by atoms with van der Waals surface area (Å²) in [4.78, 5) is 0. The van der Waals surface area contributed by atoms with E-state index in [1.165, 1.54) is 0 Å². The van der Waals surface area contributed by atoms with Crippen molar-refractivity contribution < 1.29 is 13.5 Å². The summed E-state index contributed by atoms with van der Waals surface area (Å²) in [5, 5.41) is 3.98. The lowest BCUT2D eigenvalue weighted by molar-refractivity contribution is -0.130. The van der Waals surface area contributed by atoms with Gasteiger partial charge in [-0.25, -0.2) is 0 Å². The smallest absolute Gasteiger partial charge is 0.321 e. The van der Waals surface area contributed by atoms with E-state index in [4.69, 9.17) is 0 Å². The van der Waals surface area contributed by atoms with Crippen LogP contribution in [-0.2, 0) is 17.7 Å². The Kier molecular flexibility index (Phi) is 3.82. The van der Waals surface area contributed by atoms with Gasteiger partial charge in [0.25, 0.3) is 0 Å². The van der Waals surface area contributed by atoms with E-state index in [-0.39, 0.29) is 6.61 Å². The fourth-order valence-electron chi connectivity index (χ4n) is 0.947. The Bertz CT molecular complexity index is 250. The van der Waals surface area contributed by atoms with Crippen LogP contribution in [0.4, 0.5) is 8.78 Å². The molecule has 13 heavy (non-hydrogen) atoms. The van der Waals surface area contributed by atoms with Gasteiger partial charge in [-0.1, -0.05) is 6.92 Å². The molecule has 5 heteroatoms. The van der Waals surface area contributed by atoms with E-state index in [0.29, 0.717) is 6.54 Å². The second kappa shape index (κ2) is 4.91. The number of ether oxygens (including phenoxy) is 1. The summed E-state index contributed by atoms with van der Waals surface area (Å²) in [6.07, 6.45) is 4.45. The molecule has 0 fully saturated rings. The first-order chi connectivity index (χ1) is 6.22. The molecule has 0 aliphatic carbocycles. The lowest BCUT2D eigenvalue weighted by atomic mass is 10.3. The molecular formula is C8H12F2N2O. The molecule has 1 aromatic rings. The standard InChI is InChI=1S/C8H12F2N2O/c1-2-7-5-11-12(6-7)3-4-13-8(9)10/h5-6,8H,2-4H2,1H3. The van der Waals surface area contributed by atoms with Crippen molar-refractivity contribution in [1.29, 1.82) is 0 Å². The van der Waals surface area contributed by atoms with Crippen LogP contribution in [0, 0.1) is 0 Å². The van der Waals surface area contributed by atoms with Crippen LogP contribution in [0.15, 0.2) is 12.4 Å². The van der Waals surface area contributed by atoms with E-state index in [1.54, 1.807) is 10.9 Å². The minimum atomic E-state index is -2.69. The van der Waals surface area contributed by atoms with Gasteiger partial charge in [-0.2, -0.15) is 13.9 Å². The number of rotatable bonds is 5.